The molecule has 1 aliphatic carbocycles. The number of likely N-dealkylation sites (N-methyl/N-ethyl adjacent to an activating group) is 1. The zero-order chi connectivity index (χ0) is 13.1. The summed E-state index contributed by atoms with van der Waals surface area (Å²) in [7, 11) is 2.24. The van der Waals surface area contributed by atoms with Gasteiger partial charge in [0, 0.05) is 25.7 Å². The predicted octanol–water partition coefficient (Wildman–Crippen LogP) is 1.98. The number of nitrogens with one attached hydrogen (secondary N) is 1. The Morgan fingerprint density at radius 2 is 2.26 bits per heavy atom. The van der Waals surface area contributed by atoms with Crippen LogP contribution in [0.15, 0.2) is 24.3 Å². The van der Waals surface area contributed by atoms with Crippen LogP contribution in [0.3, 0.4) is 0 Å². The Labute approximate surface area is 115 Å². The molecule has 1 heterocycles. The Hall–Kier alpha value is -0.900. The number of morpholine rings is 1. The van der Waals surface area contributed by atoms with Gasteiger partial charge in [0.25, 0.3) is 0 Å². The van der Waals surface area contributed by atoms with E-state index in [1.807, 2.05) is 0 Å². The van der Waals surface area contributed by atoms with E-state index in [1.165, 1.54) is 30.4 Å². The van der Waals surface area contributed by atoms with E-state index in [9.17, 15) is 0 Å². The predicted molar refractivity (Wildman–Crippen MR) is 77.4 cm³/mol. The molecule has 0 radical (unpaired) electrons. The van der Waals surface area contributed by atoms with Crippen molar-refractivity contribution in [3.8, 4) is 0 Å². The molecule has 1 N–H and O–H groups in total. The second kappa shape index (κ2) is 6.04. The van der Waals surface area contributed by atoms with Crippen molar-refractivity contribution >= 4 is 0 Å². The molecule has 1 aromatic rings. The number of aryl methyl sites for hydroxylation is 1. The van der Waals surface area contributed by atoms with Crippen molar-refractivity contribution in [1.82, 2.24) is 10.2 Å². The number of nitrogens with zero attached hydrogens (tertiary/aromatic N) is 1. The third-order valence-corrected chi connectivity index (χ3v) is 4.37. The topological polar surface area (TPSA) is 24.5 Å². The summed E-state index contributed by atoms with van der Waals surface area (Å²) >= 11 is 0. The van der Waals surface area contributed by atoms with Crippen molar-refractivity contribution < 1.29 is 4.74 Å². The molecule has 1 aliphatic heterocycles. The number of benzene rings is 1. The molecule has 0 aromatic heterocycles. The molecule has 3 rings (SSSR count). The van der Waals surface area contributed by atoms with Crippen molar-refractivity contribution in [1.29, 1.82) is 0 Å². The molecule has 0 saturated carbocycles. The van der Waals surface area contributed by atoms with Gasteiger partial charge in [0.1, 0.15) is 0 Å². The number of hydrogen-bond donors (Lipinski definition) is 1. The largest absolute Gasteiger partial charge is 0.374 e. The molecular weight excluding hydrogens is 236 g/mol. The van der Waals surface area contributed by atoms with E-state index >= 15 is 0 Å². The molecule has 2 atom stereocenters. The molecule has 19 heavy (non-hydrogen) atoms. The highest BCUT2D eigenvalue weighted by atomic mass is 16.5. The minimum absolute atomic E-state index is 0.341. The second-order valence-electron chi connectivity index (χ2n) is 5.74. The lowest BCUT2D eigenvalue weighted by atomic mass is 9.87. The Balaban J connectivity index is 1.68. The Morgan fingerprint density at radius 1 is 1.37 bits per heavy atom. The van der Waals surface area contributed by atoms with Crippen LogP contribution in [0, 0.1) is 0 Å². The smallest absolute Gasteiger partial charge is 0.0826 e. The van der Waals surface area contributed by atoms with Crippen LogP contribution in [-0.4, -0.2) is 44.3 Å². The molecule has 0 amide bonds. The highest BCUT2D eigenvalue weighted by Gasteiger charge is 2.25. The standard InChI is InChI=1S/C16H24N2O/c1-18(12-14-11-17-9-10-19-14)16-8-4-6-13-5-2-3-7-15(13)16/h2-3,5,7,14,16-17H,4,6,8-12H2,1H3. The summed E-state index contributed by atoms with van der Waals surface area (Å²) in [6.45, 7) is 3.84. The van der Waals surface area contributed by atoms with Crippen molar-refractivity contribution in [3.63, 3.8) is 0 Å². The zero-order valence-corrected chi connectivity index (χ0v) is 11.8. The number of fused-ring (bicyclic) bond motifs is 1. The number of ether oxygens (including phenoxy) is 1. The van der Waals surface area contributed by atoms with Crippen LogP contribution in [0.4, 0.5) is 0 Å². The van der Waals surface area contributed by atoms with E-state index < -0.39 is 0 Å². The monoisotopic (exact) mass is 260 g/mol. The van der Waals surface area contributed by atoms with Gasteiger partial charge in [0.2, 0.25) is 0 Å². The first kappa shape index (κ1) is 13.1. The maximum Gasteiger partial charge on any atom is 0.0826 e. The van der Waals surface area contributed by atoms with Crippen LogP contribution in [0.5, 0.6) is 0 Å². The van der Waals surface area contributed by atoms with E-state index in [-0.39, 0.29) is 0 Å². The average Bonchev–Trinajstić information content (AvgIpc) is 2.47. The van der Waals surface area contributed by atoms with Crippen LogP contribution in [0.2, 0.25) is 0 Å². The first-order valence-corrected chi connectivity index (χ1v) is 7.45. The minimum Gasteiger partial charge on any atom is -0.374 e. The maximum absolute atomic E-state index is 5.82. The summed E-state index contributed by atoms with van der Waals surface area (Å²) in [5.74, 6) is 0. The van der Waals surface area contributed by atoms with Gasteiger partial charge in [-0.2, -0.15) is 0 Å². The van der Waals surface area contributed by atoms with Gasteiger partial charge >= 0.3 is 0 Å². The molecule has 0 spiro atoms. The highest BCUT2D eigenvalue weighted by molar-refractivity contribution is 5.32. The molecule has 3 nitrogen and oxygen atoms in total. The molecule has 2 unspecified atom stereocenters. The van der Waals surface area contributed by atoms with Crippen molar-refractivity contribution in [2.24, 2.45) is 0 Å². The van der Waals surface area contributed by atoms with Crippen molar-refractivity contribution in [2.75, 3.05) is 33.3 Å². The first-order valence-electron chi connectivity index (χ1n) is 7.45. The number of rotatable bonds is 3. The van der Waals surface area contributed by atoms with Crippen LogP contribution in [0.1, 0.15) is 30.0 Å². The fourth-order valence-corrected chi connectivity index (χ4v) is 3.37. The molecule has 1 saturated heterocycles. The van der Waals surface area contributed by atoms with E-state index in [1.54, 1.807) is 0 Å². The van der Waals surface area contributed by atoms with Gasteiger partial charge in [-0.25, -0.2) is 0 Å². The van der Waals surface area contributed by atoms with Crippen LogP contribution in [0.25, 0.3) is 0 Å². The van der Waals surface area contributed by atoms with Gasteiger partial charge in [-0.15, -0.1) is 0 Å². The SMILES string of the molecule is CN(CC1CNCCO1)C1CCCc2ccccc21. The molecule has 3 heteroatoms. The fraction of sp³-hybridized carbons (Fsp3) is 0.625. The lowest BCUT2D eigenvalue weighted by Gasteiger charge is -2.36. The van der Waals surface area contributed by atoms with Crippen LogP contribution >= 0.6 is 0 Å². The van der Waals surface area contributed by atoms with E-state index in [2.05, 4.69) is 41.5 Å². The summed E-state index contributed by atoms with van der Waals surface area (Å²) < 4.78 is 5.82. The summed E-state index contributed by atoms with van der Waals surface area (Å²) in [6, 6.07) is 9.48. The number of hydrogen-bond acceptors (Lipinski definition) is 3. The third kappa shape index (κ3) is 2.99. The third-order valence-electron chi connectivity index (χ3n) is 4.37. The molecule has 2 aliphatic rings. The molecule has 1 aromatic carbocycles. The lowest BCUT2D eigenvalue weighted by Crippen LogP contribution is -2.45. The van der Waals surface area contributed by atoms with E-state index in [4.69, 9.17) is 4.74 Å². The fourth-order valence-electron chi connectivity index (χ4n) is 3.37. The van der Waals surface area contributed by atoms with Gasteiger partial charge in [0.05, 0.1) is 12.7 Å². The van der Waals surface area contributed by atoms with Crippen LogP contribution < -0.4 is 5.32 Å². The van der Waals surface area contributed by atoms with Gasteiger partial charge in [-0.3, -0.25) is 4.90 Å². The van der Waals surface area contributed by atoms with Gasteiger partial charge in [0.15, 0.2) is 0 Å². The van der Waals surface area contributed by atoms with Gasteiger partial charge < -0.3 is 10.1 Å². The molecule has 0 bridgehead atoms. The molecular formula is C16H24N2O. The van der Waals surface area contributed by atoms with E-state index in [0.717, 1.165) is 26.2 Å². The zero-order valence-electron chi connectivity index (χ0n) is 11.8. The normalized spacial score (nSPS) is 27.3. The quantitative estimate of drug-likeness (QED) is 0.899. The minimum atomic E-state index is 0.341. The highest BCUT2D eigenvalue weighted by Crippen LogP contribution is 2.33. The average molecular weight is 260 g/mol. The Morgan fingerprint density at radius 3 is 3.11 bits per heavy atom. The van der Waals surface area contributed by atoms with Crippen LogP contribution in [-0.2, 0) is 11.2 Å². The van der Waals surface area contributed by atoms with Gasteiger partial charge in [-0.05, 0) is 37.4 Å². The van der Waals surface area contributed by atoms with Crippen molar-refractivity contribution in [2.45, 2.75) is 31.4 Å². The Bertz CT molecular complexity index is 415. The van der Waals surface area contributed by atoms with E-state index in [0.29, 0.717) is 12.1 Å². The lowest BCUT2D eigenvalue weighted by molar-refractivity contribution is 0.00122. The summed E-state index contributed by atoms with van der Waals surface area (Å²) in [5, 5.41) is 3.41. The second-order valence-corrected chi connectivity index (χ2v) is 5.74. The Kier molecular flexibility index (Phi) is 4.16. The summed E-state index contributed by atoms with van der Waals surface area (Å²) in [5.41, 5.74) is 3.06. The molecule has 104 valence electrons. The summed E-state index contributed by atoms with van der Waals surface area (Å²) in [6.07, 6.45) is 4.15. The maximum atomic E-state index is 5.82. The van der Waals surface area contributed by atoms with Crippen molar-refractivity contribution in [3.05, 3.63) is 35.4 Å². The van der Waals surface area contributed by atoms with Gasteiger partial charge in [-0.1, -0.05) is 24.3 Å². The summed E-state index contributed by atoms with van der Waals surface area (Å²) in [4.78, 5) is 2.48. The molecule has 1 fully saturated rings. The first-order chi connectivity index (χ1) is 9.34.